The van der Waals surface area contributed by atoms with E-state index in [-0.39, 0.29) is 24.9 Å². The zero-order valence-electron chi connectivity index (χ0n) is 20.8. The molecule has 2 amide bonds. The van der Waals surface area contributed by atoms with Crippen molar-refractivity contribution in [3.8, 4) is 0 Å². The molecule has 0 bridgehead atoms. The number of para-hydroxylation sites is 1. The second-order valence-electron chi connectivity index (χ2n) is 8.81. The van der Waals surface area contributed by atoms with Gasteiger partial charge in [-0.25, -0.2) is 8.42 Å². The van der Waals surface area contributed by atoms with E-state index in [9.17, 15) is 18.0 Å². The van der Waals surface area contributed by atoms with Crippen molar-refractivity contribution >= 4 is 27.5 Å². The standard InChI is InChI=1S/C26H37N3O4S/c1-6-7-17-27-26(31)21(4)28(18-22-13-9-8-10-14-22)25(30)19-29(34(5,32)33)24-16-12-11-15-23(24)20(2)3/h8-16,20-21H,6-7,17-19H2,1-5H3,(H,27,31)/t21-/m0/s1. The molecule has 0 fully saturated rings. The number of benzene rings is 2. The van der Waals surface area contributed by atoms with Crippen LogP contribution in [0.15, 0.2) is 54.6 Å². The molecule has 0 saturated carbocycles. The maximum Gasteiger partial charge on any atom is 0.244 e. The smallest absolute Gasteiger partial charge is 0.244 e. The van der Waals surface area contributed by atoms with Gasteiger partial charge in [-0.3, -0.25) is 13.9 Å². The molecule has 0 spiro atoms. The molecule has 0 saturated heterocycles. The van der Waals surface area contributed by atoms with Gasteiger partial charge in [0.25, 0.3) is 0 Å². The van der Waals surface area contributed by atoms with Crippen LogP contribution in [0.5, 0.6) is 0 Å². The van der Waals surface area contributed by atoms with Crippen molar-refractivity contribution < 1.29 is 18.0 Å². The Bertz CT molecular complexity index is 1050. The van der Waals surface area contributed by atoms with Crippen molar-refractivity contribution in [1.29, 1.82) is 0 Å². The molecule has 0 heterocycles. The molecule has 0 aliphatic carbocycles. The van der Waals surface area contributed by atoms with Gasteiger partial charge in [0.1, 0.15) is 12.6 Å². The van der Waals surface area contributed by atoms with E-state index in [0.717, 1.165) is 34.5 Å². The summed E-state index contributed by atoms with van der Waals surface area (Å²) in [6.45, 7) is 8.01. The van der Waals surface area contributed by atoms with Gasteiger partial charge in [0, 0.05) is 13.1 Å². The van der Waals surface area contributed by atoms with Crippen molar-refractivity contribution in [2.24, 2.45) is 0 Å². The number of amides is 2. The van der Waals surface area contributed by atoms with Gasteiger partial charge in [-0.15, -0.1) is 0 Å². The fraction of sp³-hybridized carbons (Fsp3) is 0.462. The molecule has 0 aliphatic heterocycles. The minimum atomic E-state index is -3.75. The summed E-state index contributed by atoms with van der Waals surface area (Å²) in [7, 11) is -3.75. The van der Waals surface area contributed by atoms with Crippen LogP contribution in [0.1, 0.15) is 57.6 Å². The molecule has 1 atom stereocenters. The Morgan fingerprint density at radius 3 is 2.18 bits per heavy atom. The fourth-order valence-electron chi connectivity index (χ4n) is 3.70. The summed E-state index contributed by atoms with van der Waals surface area (Å²) in [5.74, 6) is -0.628. The van der Waals surface area contributed by atoms with Crippen LogP contribution in [-0.4, -0.2) is 50.5 Å². The van der Waals surface area contributed by atoms with Crippen LogP contribution >= 0.6 is 0 Å². The number of unbranched alkanes of at least 4 members (excludes halogenated alkanes) is 1. The van der Waals surface area contributed by atoms with E-state index in [1.165, 1.54) is 4.90 Å². The molecule has 2 aromatic rings. The minimum absolute atomic E-state index is 0.0687. The molecule has 0 aromatic heterocycles. The summed E-state index contributed by atoms with van der Waals surface area (Å²) < 4.78 is 26.7. The van der Waals surface area contributed by atoms with Crippen molar-refractivity contribution in [3.05, 3.63) is 65.7 Å². The summed E-state index contributed by atoms with van der Waals surface area (Å²) >= 11 is 0. The molecule has 8 heteroatoms. The van der Waals surface area contributed by atoms with Gasteiger partial charge in [-0.2, -0.15) is 0 Å². The summed E-state index contributed by atoms with van der Waals surface area (Å²) in [6, 6.07) is 15.8. The number of nitrogens with one attached hydrogen (secondary N) is 1. The Labute approximate surface area is 204 Å². The molecular formula is C26H37N3O4S. The number of nitrogens with zero attached hydrogens (tertiary/aromatic N) is 2. The lowest BCUT2D eigenvalue weighted by atomic mass is 10.0. The average molecular weight is 488 g/mol. The van der Waals surface area contributed by atoms with Gasteiger partial charge in [0.05, 0.1) is 11.9 Å². The molecule has 2 aromatic carbocycles. The van der Waals surface area contributed by atoms with E-state index in [4.69, 9.17) is 0 Å². The molecule has 186 valence electrons. The zero-order valence-corrected chi connectivity index (χ0v) is 21.6. The molecule has 34 heavy (non-hydrogen) atoms. The van der Waals surface area contributed by atoms with Crippen LogP contribution < -0.4 is 9.62 Å². The van der Waals surface area contributed by atoms with Crippen molar-refractivity contribution in [2.75, 3.05) is 23.7 Å². The predicted octanol–water partition coefficient (Wildman–Crippen LogP) is 3.91. The number of rotatable bonds is 12. The summed E-state index contributed by atoms with van der Waals surface area (Å²) in [5.41, 5.74) is 2.17. The number of anilines is 1. The third kappa shape index (κ3) is 7.58. The van der Waals surface area contributed by atoms with Gasteiger partial charge in [0.15, 0.2) is 0 Å². The Balaban J connectivity index is 2.39. The predicted molar refractivity (Wildman–Crippen MR) is 137 cm³/mol. The number of sulfonamides is 1. The van der Waals surface area contributed by atoms with Gasteiger partial charge >= 0.3 is 0 Å². The van der Waals surface area contributed by atoms with Crippen molar-refractivity contribution in [2.45, 2.75) is 59.0 Å². The number of hydrogen-bond donors (Lipinski definition) is 1. The molecule has 0 radical (unpaired) electrons. The van der Waals surface area contributed by atoms with Crippen molar-refractivity contribution in [1.82, 2.24) is 10.2 Å². The molecule has 7 nitrogen and oxygen atoms in total. The average Bonchev–Trinajstić information content (AvgIpc) is 2.80. The largest absolute Gasteiger partial charge is 0.354 e. The van der Waals surface area contributed by atoms with Crippen LogP contribution in [0.25, 0.3) is 0 Å². The normalized spacial score (nSPS) is 12.3. The van der Waals surface area contributed by atoms with Gasteiger partial charge in [-0.1, -0.05) is 75.7 Å². The van der Waals surface area contributed by atoms with Gasteiger partial charge in [-0.05, 0) is 36.5 Å². The first-order valence-electron chi connectivity index (χ1n) is 11.7. The quantitative estimate of drug-likeness (QED) is 0.460. The van der Waals surface area contributed by atoms with E-state index in [0.29, 0.717) is 12.2 Å². The second kappa shape index (κ2) is 12.6. The van der Waals surface area contributed by atoms with Crippen LogP contribution in [0.2, 0.25) is 0 Å². The minimum Gasteiger partial charge on any atom is -0.354 e. The van der Waals surface area contributed by atoms with E-state index in [2.05, 4.69) is 5.32 Å². The summed E-state index contributed by atoms with van der Waals surface area (Å²) in [5, 5.41) is 2.88. The molecule has 1 N–H and O–H groups in total. The topological polar surface area (TPSA) is 86.8 Å². The third-order valence-corrected chi connectivity index (χ3v) is 6.83. The second-order valence-corrected chi connectivity index (χ2v) is 10.7. The monoisotopic (exact) mass is 487 g/mol. The van der Waals surface area contributed by atoms with E-state index >= 15 is 0 Å². The maximum absolute atomic E-state index is 13.6. The number of hydrogen-bond acceptors (Lipinski definition) is 4. The molecule has 0 aliphatic rings. The number of carbonyl (C=O) groups is 2. The van der Waals surface area contributed by atoms with Crippen LogP contribution in [0, 0.1) is 0 Å². The van der Waals surface area contributed by atoms with Crippen LogP contribution in [0.3, 0.4) is 0 Å². The lowest BCUT2D eigenvalue weighted by Crippen LogP contribution is -2.51. The van der Waals surface area contributed by atoms with Gasteiger partial charge < -0.3 is 10.2 Å². The Kier molecular flexibility index (Phi) is 10.1. The Morgan fingerprint density at radius 1 is 0.971 bits per heavy atom. The first kappa shape index (κ1) is 27.4. The summed E-state index contributed by atoms with van der Waals surface area (Å²) in [6.07, 6.45) is 2.89. The van der Waals surface area contributed by atoms with E-state index in [1.54, 1.807) is 19.1 Å². The maximum atomic E-state index is 13.6. The first-order valence-corrected chi connectivity index (χ1v) is 13.6. The highest BCUT2D eigenvalue weighted by atomic mass is 32.2. The first-order chi connectivity index (χ1) is 16.1. The Hall–Kier alpha value is -2.87. The highest BCUT2D eigenvalue weighted by Crippen LogP contribution is 2.29. The summed E-state index contributed by atoms with van der Waals surface area (Å²) in [4.78, 5) is 27.8. The van der Waals surface area contributed by atoms with Crippen molar-refractivity contribution in [3.63, 3.8) is 0 Å². The SMILES string of the molecule is CCCCNC(=O)[C@H](C)N(Cc1ccccc1)C(=O)CN(c1ccccc1C(C)C)S(C)(=O)=O. The molecule has 0 unspecified atom stereocenters. The third-order valence-electron chi connectivity index (χ3n) is 5.70. The van der Waals surface area contributed by atoms with E-state index in [1.807, 2.05) is 63.2 Å². The highest BCUT2D eigenvalue weighted by molar-refractivity contribution is 7.92. The highest BCUT2D eigenvalue weighted by Gasteiger charge is 2.30. The lowest BCUT2D eigenvalue weighted by Gasteiger charge is -2.32. The fourth-order valence-corrected chi connectivity index (χ4v) is 4.56. The molecular weight excluding hydrogens is 450 g/mol. The van der Waals surface area contributed by atoms with E-state index < -0.39 is 22.0 Å². The van der Waals surface area contributed by atoms with Crippen LogP contribution in [0.4, 0.5) is 5.69 Å². The van der Waals surface area contributed by atoms with Crippen LogP contribution in [-0.2, 0) is 26.2 Å². The Morgan fingerprint density at radius 2 is 1.59 bits per heavy atom. The lowest BCUT2D eigenvalue weighted by molar-refractivity contribution is -0.139. The number of carbonyl (C=O) groups excluding carboxylic acids is 2. The van der Waals surface area contributed by atoms with Gasteiger partial charge in [0.2, 0.25) is 21.8 Å². The molecule has 2 rings (SSSR count). The zero-order chi connectivity index (χ0) is 25.3.